The van der Waals surface area contributed by atoms with Crippen molar-refractivity contribution in [2.24, 2.45) is 0 Å². The summed E-state index contributed by atoms with van der Waals surface area (Å²) in [4.78, 5) is 31.5. The molecule has 1 heterocycles. The second-order valence-electron chi connectivity index (χ2n) is 7.28. The van der Waals surface area contributed by atoms with E-state index in [0.717, 1.165) is 22.4 Å². The molecule has 2 aromatic carbocycles. The summed E-state index contributed by atoms with van der Waals surface area (Å²) in [5.74, 6) is 0.387. The minimum Gasteiger partial charge on any atom is -0.497 e. The highest BCUT2D eigenvalue weighted by atomic mass is 16.5. The summed E-state index contributed by atoms with van der Waals surface area (Å²) < 4.78 is 5.21. The van der Waals surface area contributed by atoms with Gasteiger partial charge in [0.15, 0.2) is 0 Å². The maximum Gasteiger partial charge on any atom is 0.243 e. The maximum absolute atomic E-state index is 13.2. The molecule has 1 atom stereocenters. The minimum atomic E-state index is -0.640. The topological polar surface area (TPSA) is 71.5 Å². The Kier molecular flexibility index (Phi) is 7.76. The van der Waals surface area contributed by atoms with Crippen molar-refractivity contribution >= 4 is 11.8 Å². The number of ether oxygens (including phenoxy) is 1. The van der Waals surface area contributed by atoms with Crippen LogP contribution in [-0.4, -0.2) is 34.8 Å². The first kappa shape index (κ1) is 22.0. The van der Waals surface area contributed by atoms with Crippen LogP contribution in [0.15, 0.2) is 79.1 Å². The Morgan fingerprint density at radius 1 is 0.968 bits per heavy atom. The van der Waals surface area contributed by atoms with Crippen molar-refractivity contribution in [2.75, 3.05) is 7.11 Å². The third-order valence-electron chi connectivity index (χ3n) is 5.06. The van der Waals surface area contributed by atoms with Gasteiger partial charge < -0.3 is 15.0 Å². The van der Waals surface area contributed by atoms with Crippen LogP contribution in [0.1, 0.15) is 23.6 Å². The van der Waals surface area contributed by atoms with Crippen LogP contribution in [-0.2, 0) is 29.1 Å². The second kappa shape index (κ2) is 10.9. The van der Waals surface area contributed by atoms with Gasteiger partial charge in [-0.25, -0.2) is 0 Å². The van der Waals surface area contributed by atoms with Gasteiger partial charge in [0.1, 0.15) is 11.8 Å². The average Bonchev–Trinajstić information content (AvgIpc) is 2.81. The first-order valence-corrected chi connectivity index (χ1v) is 10.2. The number of rotatable bonds is 9. The Balaban J connectivity index is 1.81. The molecule has 0 radical (unpaired) electrons. The van der Waals surface area contributed by atoms with Crippen molar-refractivity contribution < 1.29 is 14.3 Å². The lowest BCUT2D eigenvalue weighted by Crippen LogP contribution is -2.49. The Labute approximate surface area is 182 Å². The van der Waals surface area contributed by atoms with E-state index in [2.05, 4.69) is 10.3 Å². The SMILES string of the molecule is COc1ccc(CN(C(C)=O)C(Cc2ccccc2)C(=O)NCc2cccnc2)cc1. The van der Waals surface area contributed by atoms with E-state index in [4.69, 9.17) is 4.74 Å². The number of benzene rings is 2. The van der Waals surface area contributed by atoms with Crippen LogP contribution < -0.4 is 10.1 Å². The van der Waals surface area contributed by atoms with Gasteiger partial charge in [-0.3, -0.25) is 14.6 Å². The van der Waals surface area contributed by atoms with Gasteiger partial charge in [0, 0.05) is 38.8 Å². The van der Waals surface area contributed by atoms with Gasteiger partial charge in [-0.15, -0.1) is 0 Å². The quantitative estimate of drug-likeness (QED) is 0.580. The summed E-state index contributed by atoms with van der Waals surface area (Å²) in [5.41, 5.74) is 2.82. The van der Waals surface area contributed by atoms with Crippen molar-refractivity contribution in [3.05, 3.63) is 95.8 Å². The molecule has 3 rings (SSSR count). The number of carbonyl (C=O) groups is 2. The molecular weight excluding hydrogens is 390 g/mol. The first-order chi connectivity index (χ1) is 15.1. The zero-order chi connectivity index (χ0) is 22.1. The third kappa shape index (κ3) is 6.40. The molecule has 0 aliphatic heterocycles. The predicted molar refractivity (Wildman–Crippen MR) is 119 cm³/mol. The maximum atomic E-state index is 13.2. The number of nitrogens with zero attached hydrogens (tertiary/aromatic N) is 2. The standard InChI is InChI=1S/C25H27N3O3/c1-19(29)28(18-21-10-12-23(31-2)13-11-21)24(15-20-7-4-3-5-8-20)25(30)27-17-22-9-6-14-26-16-22/h3-14,16,24H,15,17-18H2,1-2H3,(H,27,30). The minimum absolute atomic E-state index is 0.159. The zero-order valence-corrected chi connectivity index (χ0v) is 17.8. The van der Waals surface area contributed by atoms with Crippen LogP contribution in [0.25, 0.3) is 0 Å². The number of carbonyl (C=O) groups excluding carboxylic acids is 2. The first-order valence-electron chi connectivity index (χ1n) is 10.2. The summed E-state index contributed by atoms with van der Waals surface area (Å²) in [5, 5.41) is 2.97. The number of pyridine rings is 1. The molecule has 0 saturated carbocycles. The van der Waals surface area contributed by atoms with E-state index in [1.54, 1.807) is 24.4 Å². The number of methoxy groups -OCH3 is 1. The molecule has 3 aromatic rings. The molecule has 1 N–H and O–H groups in total. The number of aromatic nitrogens is 1. The number of nitrogens with one attached hydrogen (secondary N) is 1. The molecule has 1 unspecified atom stereocenters. The van der Waals surface area contributed by atoms with Crippen LogP contribution in [0, 0.1) is 0 Å². The van der Waals surface area contributed by atoms with E-state index >= 15 is 0 Å². The van der Waals surface area contributed by atoms with Gasteiger partial charge in [-0.1, -0.05) is 48.5 Å². The van der Waals surface area contributed by atoms with Crippen molar-refractivity contribution in [2.45, 2.75) is 32.5 Å². The average molecular weight is 418 g/mol. The fourth-order valence-electron chi connectivity index (χ4n) is 3.36. The van der Waals surface area contributed by atoms with E-state index in [0.29, 0.717) is 19.5 Å². The summed E-state index contributed by atoms with van der Waals surface area (Å²) in [6.07, 6.45) is 3.83. The molecule has 0 bridgehead atoms. The normalized spacial score (nSPS) is 11.4. The molecule has 1 aromatic heterocycles. The van der Waals surface area contributed by atoms with Crippen LogP contribution in [0.3, 0.4) is 0 Å². The Morgan fingerprint density at radius 3 is 2.29 bits per heavy atom. The molecule has 0 fully saturated rings. The lowest BCUT2D eigenvalue weighted by atomic mass is 10.0. The third-order valence-corrected chi connectivity index (χ3v) is 5.06. The van der Waals surface area contributed by atoms with Crippen molar-refractivity contribution in [3.63, 3.8) is 0 Å². The van der Waals surface area contributed by atoms with E-state index in [1.807, 2.05) is 66.7 Å². The van der Waals surface area contributed by atoms with Gasteiger partial charge in [0.2, 0.25) is 11.8 Å². The molecule has 31 heavy (non-hydrogen) atoms. The highest BCUT2D eigenvalue weighted by Gasteiger charge is 2.28. The van der Waals surface area contributed by atoms with E-state index in [1.165, 1.54) is 6.92 Å². The zero-order valence-electron chi connectivity index (χ0n) is 17.8. The van der Waals surface area contributed by atoms with Crippen molar-refractivity contribution in [1.82, 2.24) is 15.2 Å². The molecule has 0 spiro atoms. The summed E-state index contributed by atoms with van der Waals surface area (Å²) in [6, 6.07) is 20.3. The van der Waals surface area contributed by atoms with Crippen LogP contribution in [0.5, 0.6) is 5.75 Å². The number of hydrogen-bond acceptors (Lipinski definition) is 4. The monoisotopic (exact) mass is 417 g/mol. The van der Waals surface area contributed by atoms with Crippen LogP contribution in [0.2, 0.25) is 0 Å². The summed E-state index contributed by atoms with van der Waals surface area (Å²) in [7, 11) is 1.61. The Hall–Kier alpha value is -3.67. The van der Waals surface area contributed by atoms with E-state index < -0.39 is 6.04 Å². The van der Waals surface area contributed by atoms with Gasteiger partial charge in [-0.2, -0.15) is 0 Å². The van der Waals surface area contributed by atoms with Gasteiger partial charge in [0.25, 0.3) is 0 Å². The smallest absolute Gasteiger partial charge is 0.243 e. The molecular formula is C25H27N3O3. The Bertz CT molecular complexity index is 976. The van der Waals surface area contributed by atoms with E-state index in [9.17, 15) is 9.59 Å². The van der Waals surface area contributed by atoms with E-state index in [-0.39, 0.29) is 11.8 Å². The van der Waals surface area contributed by atoms with Gasteiger partial charge in [-0.05, 0) is 34.9 Å². The predicted octanol–water partition coefficient (Wildman–Crippen LogP) is 3.37. The van der Waals surface area contributed by atoms with Crippen molar-refractivity contribution in [1.29, 1.82) is 0 Å². The molecule has 6 heteroatoms. The second-order valence-corrected chi connectivity index (χ2v) is 7.28. The lowest BCUT2D eigenvalue weighted by Gasteiger charge is -2.30. The highest BCUT2D eigenvalue weighted by molar-refractivity contribution is 5.87. The van der Waals surface area contributed by atoms with Crippen LogP contribution in [0.4, 0.5) is 0 Å². The molecule has 160 valence electrons. The largest absolute Gasteiger partial charge is 0.497 e. The highest BCUT2D eigenvalue weighted by Crippen LogP contribution is 2.17. The van der Waals surface area contributed by atoms with Gasteiger partial charge >= 0.3 is 0 Å². The molecule has 6 nitrogen and oxygen atoms in total. The molecule has 0 aliphatic carbocycles. The lowest BCUT2D eigenvalue weighted by molar-refractivity contribution is -0.139. The molecule has 2 amide bonds. The summed E-state index contributed by atoms with van der Waals surface area (Å²) >= 11 is 0. The summed E-state index contributed by atoms with van der Waals surface area (Å²) in [6.45, 7) is 2.18. The van der Waals surface area contributed by atoms with Crippen molar-refractivity contribution in [3.8, 4) is 5.75 Å². The van der Waals surface area contributed by atoms with Gasteiger partial charge in [0.05, 0.1) is 7.11 Å². The fraction of sp³-hybridized carbons (Fsp3) is 0.240. The molecule has 0 aliphatic rings. The molecule has 0 saturated heterocycles. The Morgan fingerprint density at radius 2 is 1.68 bits per heavy atom. The number of amides is 2. The fourth-order valence-corrected chi connectivity index (χ4v) is 3.36. The number of hydrogen-bond donors (Lipinski definition) is 1. The van der Waals surface area contributed by atoms with Crippen LogP contribution >= 0.6 is 0 Å².